The van der Waals surface area contributed by atoms with Gasteiger partial charge in [-0.15, -0.1) is 0 Å². The van der Waals surface area contributed by atoms with Crippen LogP contribution in [0.1, 0.15) is 170 Å². The molecule has 0 radical (unpaired) electrons. The molecule has 2 aromatic carbocycles. The molecule has 13 atom stereocenters. The summed E-state index contributed by atoms with van der Waals surface area (Å²) in [6, 6.07) is 10.4. The predicted molar refractivity (Wildman–Crippen MR) is 357 cm³/mol. The summed E-state index contributed by atoms with van der Waals surface area (Å²) in [7, 11) is 5.90. The van der Waals surface area contributed by atoms with Crippen molar-refractivity contribution in [2.45, 2.75) is 215 Å². The first-order valence-corrected chi connectivity index (χ1v) is 33.7. The number of aliphatic hydroxyl groups is 2. The van der Waals surface area contributed by atoms with Crippen molar-refractivity contribution >= 4 is 64.9 Å². The van der Waals surface area contributed by atoms with Crippen LogP contribution in [0.4, 0.5) is 9.59 Å². The van der Waals surface area contributed by atoms with Crippen LogP contribution in [-0.4, -0.2) is 191 Å². The number of ketones is 3. The van der Waals surface area contributed by atoms with Gasteiger partial charge in [0.05, 0.1) is 42.7 Å². The second kappa shape index (κ2) is 37.4. The van der Waals surface area contributed by atoms with E-state index in [9.17, 15) is 63.0 Å². The second-order valence-electron chi connectivity index (χ2n) is 28.1. The van der Waals surface area contributed by atoms with Gasteiger partial charge in [-0.25, -0.2) is 9.59 Å². The summed E-state index contributed by atoms with van der Waals surface area (Å²) in [5.41, 5.74) is 6.62. The van der Waals surface area contributed by atoms with E-state index >= 15 is 0 Å². The first kappa shape index (κ1) is 80.3. The Morgan fingerprint density at radius 2 is 1.39 bits per heavy atom. The van der Waals surface area contributed by atoms with Crippen molar-refractivity contribution in [1.82, 2.24) is 35.6 Å². The third-order valence-corrected chi connectivity index (χ3v) is 19.0. The van der Waals surface area contributed by atoms with E-state index in [0.29, 0.717) is 42.5 Å². The van der Waals surface area contributed by atoms with Crippen LogP contribution >= 0.6 is 0 Å². The lowest BCUT2D eigenvalue weighted by atomic mass is 9.80. The Labute approximate surface area is 562 Å². The Balaban J connectivity index is 1.39. The number of methoxy groups -OCH3 is 2. The number of likely N-dealkylation sites (tertiary alicyclic amines) is 2. The van der Waals surface area contributed by atoms with E-state index in [2.05, 4.69) is 16.0 Å². The number of likely N-dealkylation sites (N-methyl/N-ethyl adjacent to an activating group) is 2. The molecule has 2 saturated heterocycles. The third-order valence-electron chi connectivity index (χ3n) is 19.0. The SMILES string of the molecule is CC[C@H](C)C([C@@H](CC(=O)N1CCCC1[C@H](OC)[C@H](O)C(=O)C[C@H](C)[C@@H](O)c1ccccc1)OC)N(C)C(=O)C(NC(=O)C(C(C)C)N(C)C(=O)OCc1ccc(CC(=O)[C@H](CCCNC(N)=O)NC(=O)C(CC(=O)CCN2C(=O)CC(C(C)(C)C)C2=O)C(C)C)cc1)C(C)C. The number of nitrogens with zero attached hydrogens (tertiary/aromatic N) is 4. The molecule has 2 aromatic rings. The molecule has 4 rings (SSSR count). The first-order chi connectivity index (χ1) is 44.6. The predicted octanol–water partition coefficient (Wildman–Crippen LogP) is 6.48. The van der Waals surface area contributed by atoms with E-state index in [1.54, 1.807) is 109 Å². The van der Waals surface area contributed by atoms with Crippen LogP contribution in [0.25, 0.3) is 0 Å². The van der Waals surface area contributed by atoms with Crippen LogP contribution in [-0.2, 0) is 70.4 Å². The molecule has 0 saturated carbocycles. The van der Waals surface area contributed by atoms with Crippen molar-refractivity contribution in [2.24, 2.45) is 52.6 Å². The maximum absolute atomic E-state index is 14.8. The number of hydrogen-bond acceptors (Lipinski definition) is 16. The molecule has 9 amide bonds. The van der Waals surface area contributed by atoms with Gasteiger partial charge in [-0.1, -0.05) is 144 Å². The van der Waals surface area contributed by atoms with E-state index in [4.69, 9.17) is 19.9 Å². The number of rotatable bonds is 38. The van der Waals surface area contributed by atoms with E-state index < -0.39 is 125 Å². The topological polar surface area (TPSA) is 331 Å². The summed E-state index contributed by atoms with van der Waals surface area (Å²) in [4.78, 5) is 155. The fraction of sp³-hybridized carbons (Fsp3) is 0.676. The average molecular weight is 1330 g/mol. The highest BCUT2D eigenvalue weighted by atomic mass is 16.6. The molecular weight excluding hydrogens is 1220 g/mol. The van der Waals surface area contributed by atoms with E-state index in [1.165, 1.54) is 31.1 Å². The molecule has 0 bridgehead atoms. The maximum atomic E-state index is 14.8. The van der Waals surface area contributed by atoms with Gasteiger partial charge >= 0.3 is 12.1 Å². The Bertz CT molecular complexity index is 2920. The standard InChI is InChI=1S/C71H110N8O16/c1-17-44(8)61(56(93-15)39-58(84)78-33-22-26-53(78)64(94-16)63(86)55(82)35-45(9)62(85)48-23-19-18-20-24-48)76(13)68(90)59(42(4)5)75-66(88)60(43(6)7)77(14)70(92)95-40-47-29-27-46(28-30-47)36-54(81)52(25-21-32-73-69(72)91)74-65(87)50(41(2)3)37-49(80)31-34-79-57(83)38-51(67(79)89)71(10,11)12/h18-20,23-24,27-30,41-45,50-53,56,59-64,85-86H,17,21-22,25-26,31-40H2,1-16H3,(H,74,87)(H,75,88)(H3,72,73,91)/t44-,45-,50?,51?,52-,53?,56+,59?,60?,61?,62+,63+,64-/m0/s1. The number of nitrogens with one attached hydrogen (secondary N) is 3. The number of benzene rings is 2. The molecule has 6 unspecified atom stereocenters. The molecule has 0 aromatic heterocycles. The summed E-state index contributed by atoms with van der Waals surface area (Å²) in [6.07, 6.45) is -3.76. The number of carbonyl (C=O) groups is 11. The first-order valence-electron chi connectivity index (χ1n) is 33.7. The van der Waals surface area contributed by atoms with Crippen LogP contribution < -0.4 is 21.7 Å². The summed E-state index contributed by atoms with van der Waals surface area (Å²) in [6.45, 7) is 22.1. The minimum absolute atomic E-state index is 0.0748. The zero-order valence-corrected chi connectivity index (χ0v) is 59.0. The highest BCUT2D eigenvalue weighted by Crippen LogP contribution is 2.36. The molecule has 2 aliphatic rings. The summed E-state index contributed by atoms with van der Waals surface area (Å²) in [5, 5.41) is 30.7. The zero-order valence-electron chi connectivity index (χ0n) is 59.0. The molecule has 2 aliphatic heterocycles. The molecule has 2 heterocycles. The summed E-state index contributed by atoms with van der Waals surface area (Å²) < 4.78 is 17.5. The van der Waals surface area contributed by atoms with Crippen LogP contribution in [0.2, 0.25) is 0 Å². The van der Waals surface area contributed by atoms with Gasteiger partial charge in [-0.3, -0.25) is 53.0 Å². The minimum Gasteiger partial charge on any atom is -0.445 e. The largest absolute Gasteiger partial charge is 0.445 e. The average Bonchev–Trinajstić information content (AvgIpc) is 1.78. The summed E-state index contributed by atoms with van der Waals surface area (Å²) >= 11 is 0. The molecular formula is C71H110N8O16. The third kappa shape index (κ3) is 22.7. The Kier molecular flexibility index (Phi) is 31.6. The van der Waals surface area contributed by atoms with E-state index in [-0.39, 0.29) is 112 Å². The number of amides is 9. The van der Waals surface area contributed by atoms with Gasteiger partial charge in [0.15, 0.2) is 11.6 Å². The smallest absolute Gasteiger partial charge is 0.410 e. The van der Waals surface area contributed by atoms with Crippen LogP contribution in [0.15, 0.2) is 54.6 Å². The molecule has 0 spiro atoms. The van der Waals surface area contributed by atoms with Crippen molar-refractivity contribution in [3.8, 4) is 0 Å². The maximum Gasteiger partial charge on any atom is 0.410 e. The fourth-order valence-electron chi connectivity index (χ4n) is 12.9. The van der Waals surface area contributed by atoms with Crippen molar-refractivity contribution < 1.29 is 77.2 Å². The zero-order chi connectivity index (χ0) is 71.3. The highest BCUT2D eigenvalue weighted by Gasteiger charge is 2.46. The normalized spacial score (nSPS) is 18.6. The van der Waals surface area contributed by atoms with Crippen molar-refractivity contribution in [2.75, 3.05) is 47.9 Å². The molecule has 95 heavy (non-hydrogen) atoms. The highest BCUT2D eigenvalue weighted by molar-refractivity contribution is 6.04. The second-order valence-corrected chi connectivity index (χ2v) is 28.1. The van der Waals surface area contributed by atoms with E-state index in [1.807, 2.05) is 40.7 Å². The lowest BCUT2D eigenvalue weighted by Crippen LogP contribution is -2.60. The van der Waals surface area contributed by atoms with Crippen molar-refractivity contribution in [1.29, 1.82) is 0 Å². The van der Waals surface area contributed by atoms with Gasteiger partial charge in [-0.2, -0.15) is 0 Å². The number of ether oxygens (including phenoxy) is 3. The molecule has 7 N–H and O–H groups in total. The van der Waals surface area contributed by atoms with E-state index in [0.717, 1.165) is 4.90 Å². The van der Waals surface area contributed by atoms with Crippen LogP contribution in [0, 0.1) is 46.8 Å². The molecule has 2 fully saturated rings. The Hall–Kier alpha value is -7.15. The number of nitrogens with two attached hydrogens (primary N) is 1. The van der Waals surface area contributed by atoms with Gasteiger partial charge in [0.2, 0.25) is 35.4 Å². The van der Waals surface area contributed by atoms with Gasteiger partial charge in [0.1, 0.15) is 36.7 Å². The molecule has 530 valence electrons. The minimum atomic E-state index is -1.58. The number of urea groups is 1. The number of Topliss-reactive ketones (excluding diaryl/α,β-unsaturated/α-hetero) is 3. The summed E-state index contributed by atoms with van der Waals surface area (Å²) in [5.74, 6) is -6.96. The van der Waals surface area contributed by atoms with Crippen LogP contribution in [0.3, 0.4) is 0 Å². The van der Waals surface area contributed by atoms with Crippen molar-refractivity contribution in [3.63, 3.8) is 0 Å². The van der Waals surface area contributed by atoms with Gasteiger partial charge < -0.3 is 55.9 Å². The van der Waals surface area contributed by atoms with Crippen LogP contribution in [0.5, 0.6) is 0 Å². The fourth-order valence-corrected chi connectivity index (χ4v) is 12.9. The molecule has 0 aliphatic carbocycles. The molecule has 24 nitrogen and oxygen atoms in total. The van der Waals surface area contributed by atoms with Gasteiger partial charge in [0.25, 0.3) is 0 Å². The Morgan fingerprint density at radius 3 is 1.94 bits per heavy atom. The van der Waals surface area contributed by atoms with Crippen molar-refractivity contribution in [3.05, 3.63) is 71.3 Å². The van der Waals surface area contributed by atoms with Gasteiger partial charge in [0, 0.05) is 86.0 Å². The number of aliphatic hydroxyl groups excluding tert-OH is 2. The lowest BCUT2D eigenvalue weighted by Gasteiger charge is -2.41. The number of imide groups is 1. The quantitative estimate of drug-likeness (QED) is 0.0309. The number of carbonyl (C=O) groups excluding carboxylic acids is 11. The number of primary amides is 1. The Morgan fingerprint density at radius 1 is 0.758 bits per heavy atom. The lowest BCUT2D eigenvalue weighted by molar-refractivity contribution is -0.150. The monoisotopic (exact) mass is 1330 g/mol. The van der Waals surface area contributed by atoms with Gasteiger partial charge in [-0.05, 0) is 77.4 Å². The molecule has 24 heteroatoms. The number of hydrogen-bond donors (Lipinski definition) is 6.